The molecule has 3 atom stereocenters. The first-order valence-corrected chi connectivity index (χ1v) is 16.0. The normalized spacial score (nSPS) is 20.8. The van der Waals surface area contributed by atoms with Crippen molar-refractivity contribution in [2.24, 2.45) is 24.6 Å². The summed E-state index contributed by atoms with van der Waals surface area (Å²) in [5, 5.41) is 1.03. The highest BCUT2D eigenvalue weighted by Gasteiger charge is 2.47. The maximum atomic E-state index is 13.7. The number of aromatic amines is 1. The summed E-state index contributed by atoms with van der Waals surface area (Å²) < 4.78 is 10.2. The van der Waals surface area contributed by atoms with Gasteiger partial charge in [-0.15, -0.1) is 0 Å². The molecule has 1 amide bonds. The van der Waals surface area contributed by atoms with Gasteiger partial charge in [-0.25, -0.2) is 15.0 Å². The number of carbonyl (C=O) groups excluding carboxylic acids is 1. The Morgan fingerprint density at radius 3 is 2.67 bits per heavy atom. The number of aryl methyl sites for hydroxylation is 1. The second-order valence-corrected chi connectivity index (χ2v) is 13.2. The fourth-order valence-corrected chi connectivity index (χ4v) is 7.68. The number of benzene rings is 2. The highest BCUT2D eigenvalue weighted by molar-refractivity contribution is 6.00. The smallest absolute Gasteiger partial charge is 0.266 e. The molecule has 46 heavy (non-hydrogen) atoms. The number of aromatic nitrogens is 6. The number of carbonyl (C=O) groups is 1. The number of amides is 1. The fraction of sp³-hybridized carbons (Fsp3) is 0.343. The molecule has 3 fully saturated rings. The Morgan fingerprint density at radius 2 is 1.91 bits per heavy atom. The molecule has 9 rings (SSSR count). The van der Waals surface area contributed by atoms with Gasteiger partial charge in [0.15, 0.2) is 5.82 Å². The average Bonchev–Trinajstić information content (AvgIpc) is 3.47. The van der Waals surface area contributed by atoms with E-state index in [2.05, 4.69) is 31.2 Å². The third-order valence-corrected chi connectivity index (χ3v) is 10.3. The van der Waals surface area contributed by atoms with Crippen LogP contribution >= 0.6 is 0 Å². The van der Waals surface area contributed by atoms with Crippen molar-refractivity contribution >= 4 is 39.0 Å². The van der Waals surface area contributed by atoms with Crippen LogP contribution in [0.2, 0.25) is 0 Å². The number of nitrogens with one attached hydrogen (secondary N) is 1. The maximum absolute atomic E-state index is 13.7. The Hall–Kier alpha value is -5.03. The van der Waals surface area contributed by atoms with E-state index in [0.717, 1.165) is 58.7 Å². The molecular weight excluding hydrogens is 580 g/mol. The minimum atomic E-state index is -0.226. The summed E-state index contributed by atoms with van der Waals surface area (Å²) in [5.74, 6) is 2.38. The Bertz CT molecular complexity index is 2280. The van der Waals surface area contributed by atoms with Crippen molar-refractivity contribution in [1.29, 1.82) is 0 Å². The molecule has 6 aromatic rings. The van der Waals surface area contributed by atoms with Crippen molar-refractivity contribution in [3.05, 3.63) is 70.6 Å². The monoisotopic (exact) mass is 614 g/mol. The number of nitrogens with two attached hydrogens (primary N) is 1. The van der Waals surface area contributed by atoms with Gasteiger partial charge in [-0.1, -0.05) is 6.07 Å². The largest absolute Gasteiger partial charge is 0.494 e. The molecule has 1 saturated heterocycles. The predicted octanol–water partition coefficient (Wildman–Crippen LogP) is 4.47. The van der Waals surface area contributed by atoms with Crippen molar-refractivity contribution in [2.75, 3.05) is 13.7 Å². The first kappa shape index (κ1) is 27.3. The van der Waals surface area contributed by atoms with Gasteiger partial charge in [0.2, 0.25) is 0 Å². The lowest BCUT2D eigenvalue weighted by Crippen LogP contribution is -2.41. The van der Waals surface area contributed by atoms with Crippen LogP contribution in [0.3, 0.4) is 0 Å². The number of hydrogen-bond acceptors (Lipinski definition) is 7. The first-order chi connectivity index (χ1) is 22.4. The van der Waals surface area contributed by atoms with Crippen molar-refractivity contribution in [3.63, 3.8) is 0 Å². The summed E-state index contributed by atoms with van der Waals surface area (Å²) in [5.41, 5.74) is 13.3. The van der Waals surface area contributed by atoms with E-state index in [1.54, 1.807) is 7.11 Å². The third-order valence-electron chi connectivity index (χ3n) is 10.3. The molecule has 2 saturated carbocycles. The number of likely N-dealkylation sites (tertiary alicyclic amines) is 1. The van der Waals surface area contributed by atoms with Crippen molar-refractivity contribution < 1.29 is 9.53 Å². The van der Waals surface area contributed by atoms with Gasteiger partial charge < -0.3 is 29.5 Å². The van der Waals surface area contributed by atoms with Crippen LogP contribution in [0.5, 0.6) is 5.75 Å². The Labute approximate surface area is 264 Å². The maximum Gasteiger partial charge on any atom is 0.266 e. The second-order valence-electron chi connectivity index (χ2n) is 13.2. The number of H-pyrrole nitrogens is 1. The number of nitrogens with zero attached hydrogens (tertiary/aromatic N) is 6. The van der Waals surface area contributed by atoms with Crippen LogP contribution in [0.4, 0.5) is 0 Å². The SMILES string of the molecule is COc1cc(C(=O)N2CC3CCC2[C@@H]3N)cc2nc(-c3cc4ccc(-c5ccc6[nH]c(=O)cnc6c5)nc4n3CC3CC3)n(C)c12. The molecule has 2 aromatic carbocycles. The molecule has 11 heteroatoms. The molecule has 3 N–H and O–H groups in total. The minimum absolute atomic E-state index is 0.00937. The molecule has 2 bridgehead atoms. The fourth-order valence-electron chi connectivity index (χ4n) is 7.68. The lowest BCUT2D eigenvalue weighted by Gasteiger charge is -2.27. The van der Waals surface area contributed by atoms with Crippen LogP contribution in [0, 0.1) is 11.8 Å². The Kier molecular flexibility index (Phi) is 5.92. The molecule has 1 aliphatic heterocycles. The summed E-state index contributed by atoms with van der Waals surface area (Å²) in [6.07, 6.45) is 5.74. The van der Waals surface area contributed by atoms with Crippen LogP contribution < -0.4 is 16.0 Å². The van der Waals surface area contributed by atoms with Gasteiger partial charge in [-0.05, 0) is 80.0 Å². The topological polar surface area (TPSA) is 137 Å². The van der Waals surface area contributed by atoms with Crippen LogP contribution in [0.25, 0.3) is 55.9 Å². The van der Waals surface area contributed by atoms with E-state index < -0.39 is 0 Å². The quantitative estimate of drug-likeness (QED) is 0.282. The lowest BCUT2D eigenvalue weighted by atomic mass is 10.1. The molecular formula is C35H34N8O3. The molecule has 4 aromatic heterocycles. The molecule has 232 valence electrons. The van der Waals surface area contributed by atoms with E-state index in [-0.39, 0.29) is 23.6 Å². The van der Waals surface area contributed by atoms with Gasteiger partial charge >= 0.3 is 0 Å². The lowest BCUT2D eigenvalue weighted by molar-refractivity contribution is 0.0700. The van der Waals surface area contributed by atoms with Crippen molar-refractivity contribution in [3.8, 4) is 28.5 Å². The van der Waals surface area contributed by atoms with Crippen LogP contribution in [0.15, 0.2) is 59.5 Å². The minimum Gasteiger partial charge on any atom is -0.494 e. The Morgan fingerprint density at radius 1 is 1.04 bits per heavy atom. The van der Waals surface area contributed by atoms with Crippen LogP contribution in [-0.2, 0) is 13.6 Å². The standard InChI is InChI=1S/C35H34N8O3/c1-41-32-26(12-22(14-29(32)46-2)35(45)43-17-21-7-10-27(43)31(21)36)40-34(41)28-13-20-6-8-23(39-33(20)42(28)16-18-3-4-18)19-5-9-24-25(11-19)37-15-30(44)38-24/h5-6,8-9,11-15,18,21,27,31H,3-4,7,10,16-17,36H2,1-2H3,(H,38,44)/t21?,27?,31-/m1/s1. The second kappa shape index (κ2) is 9.98. The summed E-state index contributed by atoms with van der Waals surface area (Å²) in [7, 11) is 3.64. The van der Waals surface area contributed by atoms with Gasteiger partial charge in [0.25, 0.3) is 11.5 Å². The summed E-state index contributed by atoms with van der Waals surface area (Å²) >= 11 is 0. The number of fused-ring (bicyclic) bond motifs is 5. The van der Waals surface area contributed by atoms with E-state index >= 15 is 0 Å². The van der Waals surface area contributed by atoms with E-state index in [1.165, 1.54) is 19.0 Å². The van der Waals surface area contributed by atoms with Crippen molar-refractivity contribution in [2.45, 2.75) is 44.3 Å². The van der Waals surface area contributed by atoms with E-state index in [4.69, 9.17) is 20.4 Å². The number of ether oxygens (including phenoxy) is 1. The van der Waals surface area contributed by atoms with Crippen molar-refractivity contribution in [1.82, 2.24) is 34.0 Å². The number of piperidine rings is 1. The summed E-state index contributed by atoms with van der Waals surface area (Å²) in [6.45, 7) is 1.56. The molecule has 0 radical (unpaired) electrons. The van der Waals surface area contributed by atoms with Gasteiger partial charge in [0.1, 0.15) is 16.9 Å². The molecule has 11 nitrogen and oxygen atoms in total. The van der Waals surface area contributed by atoms with E-state index in [1.807, 2.05) is 48.3 Å². The molecule has 5 heterocycles. The number of hydrogen-bond donors (Lipinski definition) is 2. The number of pyridine rings is 1. The first-order valence-electron chi connectivity index (χ1n) is 16.0. The molecule has 3 aliphatic rings. The number of methoxy groups -OCH3 is 1. The van der Waals surface area contributed by atoms with Crippen LogP contribution in [-0.4, -0.2) is 65.6 Å². The van der Waals surface area contributed by atoms with Gasteiger partial charge in [-0.3, -0.25) is 9.59 Å². The summed E-state index contributed by atoms with van der Waals surface area (Å²) in [4.78, 5) is 44.8. The van der Waals surface area contributed by atoms with E-state index in [0.29, 0.717) is 46.2 Å². The summed E-state index contributed by atoms with van der Waals surface area (Å²) in [6, 6.07) is 16.0. The van der Waals surface area contributed by atoms with Gasteiger partial charge in [0, 0.05) is 48.7 Å². The zero-order valence-corrected chi connectivity index (χ0v) is 25.7. The van der Waals surface area contributed by atoms with Gasteiger partial charge in [0.05, 0.1) is 41.2 Å². The molecule has 2 aliphatic carbocycles. The predicted molar refractivity (Wildman–Crippen MR) is 176 cm³/mol. The number of rotatable bonds is 6. The molecule has 0 spiro atoms. The Balaban J connectivity index is 1.15. The molecule has 2 unspecified atom stereocenters. The third kappa shape index (κ3) is 4.18. The number of imidazole rings is 1. The average molecular weight is 615 g/mol. The highest BCUT2D eigenvalue weighted by Crippen LogP contribution is 2.40. The van der Waals surface area contributed by atoms with Gasteiger partial charge in [-0.2, -0.15) is 0 Å². The van der Waals surface area contributed by atoms with Crippen LogP contribution in [0.1, 0.15) is 36.0 Å². The zero-order chi connectivity index (χ0) is 31.3. The van der Waals surface area contributed by atoms with E-state index in [9.17, 15) is 9.59 Å². The highest BCUT2D eigenvalue weighted by atomic mass is 16.5. The zero-order valence-electron chi connectivity index (χ0n) is 25.7.